The number of hydrogen-bond acceptors (Lipinski definition) is 10. The maximum Gasteiger partial charge on any atom is 0.391 e. The molecule has 22 heteroatoms. The van der Waals surface area contributed by atoms with Gasteiger partial charge in [0.25, 0.3) is 11.8 Å². The van der Waals surface area contributed by atoms with E-state index in [1.54, 1.807) is 34.4 Å². The van der Waals surface area contributed by atoms with Gasteiger partial charge in [-0.25, -0.2) is 24.7 Å². The fourth-order valence-corrected chi connectivity index (χ4v) is 9.41. The van der Waals surface area contributed by atoms with Gasteiger partial charge in [-0.05, 0) is 83.8 Å². The lowest BCUT2D eigenvalue weighted by Crippen LogP contribution is -2.32. The predicted molar refractivity (Wildman–Crippen MR) is 226 cm³/mol. The van der Waals surface area contributed by atoms with Gasteiger partial charge in [0.2, 0.25) is 11.6 Å². The second kappa shape index (κ2) is 18.7. The van der Waals surface area contributed by atoms with Crippen molar-refractivity contribution in [2.75, 3.05) is 6.61 Å². The molecule has 66 heavy (non-hydrogen) atoms. The number of fused-ring (bicyclic) bond motifs is 2. The molecule has 6 aromatic heterocycles. The minimum Gasteiger partial charge on any atom is -0.472 e. The van der Waals surface area contributed by atoms with Crippen LogP contribution in [0.25, 0.3) is 44.3 Å². The summed E-state index contributed by atoms with van der Waals surface area (Å²) in [7, 11) is 0. The van der Waals surface area contributed by atoms with E-state index in [1.165, 1.54) is 32.4 Å². The SMILES string of the molecule is CCC(C(=O)OCCn1cc(-c2nc(C)nc(OC3CCC(C(F)(F)F)CC3)c2F)c2c(Cl)nccc21)n1cc(-c2nc(C)nc(OC3CCC(C(F)(F)F)CC3)c2F)c2c(Cl)nccc21. The Morgan fingerprint density at radius 2 is 1.17 bits per heavy atom. The standard InChI is InChI=1S/C44H42Cl2F8N8O4/c1-4-29(62-20-28(33-31(62)14-16-56-39(33)46)37-35(48)41(60-22(3)58-37)66-26-11-7-24(8-12-26)44(52,53)54)42(63)64-18-17-61-19-27(32-30(61)13-15-55-38(32)45)36-34(47)40(59-21(2)57-36)65-25-9-5-23(6-10-25)43(49,50)51/h13-16,19-20,23-26,29H,4-12,17-18H2,1-3H3. The molecule has 1 atom stereocenters. The second-order valence-corrected chi connectivity index (χ2v) is 17.2. The molecule has 0 aromatic carbocycles. The Balaban J connectivity index is 1.02. The smallest absolute Gasteiger partial charge is 0.391 e. The van der Waals surface area contributed by atoms with E-state index in [0.29, 0.717) is 16.4 Å². The van der Waals surface area contributed by atoms with Gasteiger partial charge < -0.3 is 23.3 Å². The van der Waals surface area contributed by atoms with Gasteiger partial charge in [-0.2, -0.15) is 45.1 Å². The van der Waals surface area contributed by atoms with E-state index >= 15 is 8.78 Å². The highest BCUT2D eigenvalue weighted by Gasteiger charge is 2.43. The fourth-order valence-electron chi connectivity index (χ4n) is 8.90. The number of rotatable bonds is 12. The van der Waals surface area contributed by atoms with Crippen molar-refractivity contribution in [3.63, 3.8) is 0 Å². The minimum absolute atomic E-state index is 0.0152. The average Bonchev–Trinajstić information content (AvgIpc) is 3.83. The molecule has 352 valence electrons. The van der Waals surface area contributed by atoms with Gasteiger partial charge in [-0.15, -0.1) is 0 Å². The number of pyridine rings is 2. The predicted octanol–water partition coefficient (Wildman–Crippen LogP) is 11.7. The van der Waals surface area contributed by atoms with Crippen LogP contribution in [0.15, 0.2) is 36.9 Å². The Labute approximate surface area is 382 Å². The third-order valence-corrected chi connectivity index (χ3v) is 12.8. The van der Waals surface area contributed by atoms with Gasteiger partial charge in [-0.3, -0.25) is 0 Å². The van der Waals surface area contributed by atoms with Crippen molar-refractivity contribution >= 4 is 51.0 Å². The summed E-state index contributed by atoms with van der Waals surface area (Å²) in [6.45, 7) is 4.66. The monoisotopic (exact) mass is 968 g/mol. The molecule has 6 heterocycles. The topological polar surface area (TPSA) is 132 Å². The molecule has 0 N–H and O–H groups in total. The number of ether oxygens (including phenoxy) is 3. The normalized spacial score (nSPS) is 19.9. The van der Waals surface area contributed by atoms with E-state index in [4.69, 9.17) is 37.4 Å². The van der Waals surface area contributed by atoms with Gasteiger partial charge in [0.1, 0.15) is 58.2 Å². The summed E-state index contributed by atoms with van der Waals surface area (Å²) in [6, 6.07) is 2.26. The zero-order valence-electron chi connectivity index (χ0n) is 35.6. The largest absolute Gasteiger partial charge is 0.472 e. The van der Waals surface area contributed by atoms with Crippen molar-refractivity contribution in [2.24, 2.45) is 11.8 Å². The van der Waals surface area contributed by atoms with Crippen molar-refractivity contribution < 1.29 is 54.1 Å². The van der Waals surface area contributed by atoms with Crippen LogP contribution in [0, 0.1) is 37.3 Å². The van der Waals surface area contributed by atoms with Gasteiger partial charge in [0.05, 0.1) is 29.4 Å². The van der Waals surface area contributed by atoms with E-state index < -0.39 is 71.8 Å². The zero-order valence-corrected chi connectivity index (χ0v) is 37.1. The number of alkyl halides is 6. The van der Waals surface area contributed by atoms with Crippen LogP contribution in [0.3, 0.4) is 0 Å². The number of halogens is 10. The zero-order chi connectivity index (χ0) is 47.2. The number of hydrogen-bond donors (Lipinski definition) is 0. The van der Waals surface area contributed by atoms with Crippen molar-refractivity contribution in [1.82, 2.24) is 39.0 Å². The summed E-state index contributed by atoms with van der Waals surface area (Å²) in [5, 5.41) is 0.611. The molecule has 0 bridgehead atoms. The van der Waals surface area contributed by atoms with Crippen LogP contribution in [-0.4, -0.2) is 76.2 Å². The molecule has 2 aliphatic rings. The van der Waals surface area contributed by atoms with Crippen LogP contribution in [0.4, 0.5) is 35.1 Å². The molecule has 8 rings (SSSR count). The number of aryl methyl sites for hydroxylation is 2. The summed E-state index contributed by atoms with van der Waals surface area (Å²) in [4.78, 5) is 39.2. The maximum atomic E-state index is 16.4. The summed E-state index contributed by atoms with van der Waals surface area (Å²) in [6.07, 6.45) is -4.24. The first-order valence-corrected chi connectivity index (χ1v) is 22.1. The van der Waals surface area contributed by atoms with Gasteiger partial charge in [-0.1, -0.05) is 30.1 Å². The van der Waals surface area contributed by atoms with E-state index in [0.717, 1.165) is 0 Å². The quantitative estimate of drug-likeness (QED) is 0.0663. The number of carbonyl (C=O) groups is 1. The van der Waals surface area contributed by atoms with Crippen molar-refractivity contribution in [3.05, 3.63) is 70.5 Å². The molecular weight excluding hydrogens is 927 g/mol. The van der Waals surface area contributed by atoms with Gasteiger partial charge in [0, 0.05) is 46.7 Å². The van der Waals surface area contributed by atoms with Crippen molar-refractivity contribution in [1.29, 1.82) is 0 Å². The number of carbonyl (C=O) groups excluding carboxylic acids is 1. The molecule has 0 saturated heterocycles. The Hall–Kier alpha value is -5.37. The number of aromatic nitrogens is 8. The number of esters is 1. The highest BCUT2D eigenvalue weighted by molar-refractivity contribution is 6.36. The maximum absolute atomic E-state index is 16.4. The van der Waals surface area contributed by atoms with Crippen LogP contribution in [0.1, 0.15) is 82.4 Å². The summed E-state index contributed by atoms with van der Waals surface area (Å²) < 4.78 is 133. The van der Waals surface area contributed by atoms with E-state index in [2.05, 4.69) is 29.9 Å². The van der Waals surface area contributed by atoms with Crippen LogP contribution in [-0.2, 0) is 16.1 Å². The average molecular weight is 970 g/mol. The lowest BCUT2D eigenvalue weighted by Gasteiger charge is -2.30. The van der Waals surface area contributed by atoms with E-state index in [-0.39, 0.29) is 121 Å². The van der Waals surface area contributed by atoms with Crippen LogP contribution >= 0.6 is 23.2 Å². The molecule has 2 fully saturated rings. The van der Waals surface area contributed by atoms with E-state index in [1.807, 2.05) is 0 Å². The molecule has 0 spiro atoms. The van der Waals surface area contributed by atoms with Crippen molar-refractivity contribution in [3.8, 4) is 34.3 Å². The second-order valence-electron chi connectivity index (χ2n) is 16.5. The molecule has 12 nitrogen and oxygen atoms in total. The first-order valence-electron chi connectivity index (χ1n) is 21.3. The Morgan fingerprint density at radius 1 is 0.712 bits per heavy atom. The molecule has 0 radical (unpaired) electrons. The van der Waals surface area contributed by atoms with Crippen molar-refractivity contribution in [2.45, 2.75) is 116 Å². The Morgan fingerprint density at radius 3 is 1.64 bits per heavy atom. The molecule has 2 saturated carbocycles. The van der Waals surface area contributed by atoms with E-state index in [9.17, 15) is 31.1 Å². The summed E-state index contributed by atoms with van der Waals surface area (Å²) in [5.74, 6) is -6.03. The first kappa shape index (κ1) is 47.1. The lowest BCUT2D eigenvalue weighted by atomic mass is 9.87. The van der Waals surface area contributed by atoms with Gasteiger partial charge >= 0.3 is 18.3 Å². The fraction of sp³-hybridized carbons (Fsp3) is 0.477. The van der Waals surface area contributed by atoms with Crippen LogP contribution in [0.5, 0.6) is 11.8 Å². The molecule has 1 unspecified atom stereocenters. The third kappa shape index (κ3) is 9.57. The molecular formula is C44H42Cl2F8N8O4. The Bertz CT molecular complexity index is 2770. The molecule has 2 aliphatic carbocycles. The molecule has 0 amide bonds. The Kier molecular flexibility index (Phi) is 13.4. The lowest BCUT2D eigenvalue weighted by molar-refractivity contribution is -0.186. The van der Waals surface area contributed by atoms with Gasteiger partial charge in [0.15, 0.2) is 0 Å². The highest BCUT2D eigenvalue weighted by Crippen LogP contribution is 2.43. The third-order valence-electron chi connectivity index (χ3n) is 12.2. The molecule has 0 aliphatic heterocycles. The number of nitrogens with zero attached hydrogens (tertiary/aromatic N) is 8. The van der Waals surface area contributed by atoms with Crippen LogP contribution < -0.4 is 9.47 Å². The summed E-state index contributed by atoms with van der Waals surface area (Å²) >= 11 is 13.2. The highest BCUT2D eigenvalue weighted by atomic mass is 35.5. The summed E-state index contributed by atoms with van der Waals surface area (Å²) in [5.41, 5.74) is 0.900. The minimum atomic E-state index is -4.33. The molecule has 6 aromatic rings. The van der Waals surface area contributed by atoms with Crippen LogP contribution in [0.2, 0.25) is 10.3 Å². The first-order chi connectivity index (χ1) is 31.3.